The Morgan fingerprint density at radius 1 is 0.655 bits per heavy atom. The lowest BCUT2D eigenvalue weighted by molar-refractivity contribution is -0.870. The van der Waals surface area contributed by atoms with Crippen LogP contribution >= 0.6 is 7.82 Å². The maximum atomic E-state index is 12.7. The molecule has 0 rings (SSSR count). The number of unbranched alkanes of at least 4 members (excludes halogenated alkanes) is 11. The van der Waals surface area contributed by atoms with Gasteiger partial charge in [-0.15, -0.1) is 0 Å². The van der Waals surface area contributed by atoms with Crippen molar-refractivity contribution in [2.75, 3.05) is 47.5 Å². The van der Waals surface area contributed by atoms with Gasteiger partial charge in [0.2, 0.25) is 0 Å². The van der Waals surface area contributed by atoms with Crippen LogP contribution in [0.4, 0.5) is 0 Å². The first-order valence-corrected chi connectivity index (χ1v) is 23.6. The smallest absolute Gasteiger partial charge is 0.472 e. The predicted octanol–water partition coefficient (Wildman–Crippen LogP) is 12.4. The van der Waals surface area contributed by atoms with Crippen molar-refractivity contribution in [1.29, 1.82) is 0 Å². The predicted molar refractivity (Wildman–Crippen MR) is 243 cm³/mol. The van der Waals surface area contributed by atoms with Gasteiger partial charge in [-0.1, -0.05) is 144 Å². The highest BCUT2D eigenvalue weighted by atomic mass is 31.2. The summed E-state index contributed by atoms with van der Waals surface area (Å²) in [6, 6.07) is 0. The molecule has 0 fully saturated rings. The van der Waals surface area contributed by atoms with Gasteiger partial charge in [-0.05, 0) is 83.1 Å². The van der Waals surface area contributed by atoms with Crippen LogP contribution in [0.1, 0.15) is 142 Å². The van der Waals surface area contributed by atoms with Crippen molar-refractivity contribution in [2.24, 2.45) is 0 Å². The Morgan fingerprint density at radius 2 is 1.22 bits per heavy atom. The molecule has 0 heterocycles. The number of esters is 1. The summed E-state index contributed by atoms with van der Waals surface area (Å²) in [4.78, 5) is 22.8. The molecule has 0 saturated carbocycles. The monoisotopic (exact) mass is 833 g/mol. The molecule has 58 heavy (non-hydrogen) atoms. The summed E-state index contributed by atoms with van der Waals surface area (Å²) in [5.41, 5.74) is 0. The van der Waals surface area contributed by atoms with Crippen LogP contribution < -0.4 is 0 Å². The molecule has 0 bridgehead atoms. The number of carbonyl (C=O) groups excluding carboxylic acids is 1. The highest BCUT2D eigenvalue weighted by Gasteiger charge is 2.26. The minimum atomic E-state index is -4.33. The Morgan fingerprint density at radius 3 is 1.88 bits per heavy atom. The fraction of sp³-hybridized carbons (Fsp3) is 0.646. The molecular formula is C48H83NO8P+. The van der Waals surface area contributed by atoms with E-state index < -0.39 is 26.0 Å². The lowest BCUT2D eigenvalue weighted by atomic mass is 10.1. The minimum absolute atomic E-state index is 0.00775. The normalized spacial score (nSPS) is 15.2. The van der Waals surface area contributed by atoms with E-state index in [1.54, 1.807) is 12.3 Å². The topological polar surface area (TPSA) is 112 Å². The van der Waals surface area contributed by atoms with Gasteiger partial charge in [-0.2, -0.15) is 0 Å². The number of rotatable bonds is 39. The molecule has 0 radical (unpaired) electrons. The summed E-state index contributed by atoms with van der Waals surface area (Å²) >= 11 is 0. The maximum absolute atomic E-state index is 12.7. The zero-order valence-electron chi connectivity index (χ0n) is 37.1. The summed E-state index contributed by atoms with van der Waals surface area (Å²) < 4.78 is 34.6. The second kappa shape index (κ2) is 39.7. The number of ether oxygens (including phenoxy) is 2. The van der Waals surface area contributed by atoms with E-state index in [1.807, 2.05) is 63.7 Å². The number of allylic oxidation sites excluding steroid dienone is 13. The first-order chi connectivity index (χ1) is 28.0. The molecule has 0 aromatic carbocycles. The fourth-order valence-corrected chi connectivity index (χ4v) is 6.07. The molecule has 0 aliphatic heterocycles. The van der Waals surface area contributed by atoms with Crippen molar-refractivity contribution < 1.29 is 42.4 Å². The van der Waals surface area contributed by atoms with Crippen molar-refractivity contribution in [2.45, 2.75) is 154 Å². The second-order valence-corrected chi connectivity index (χ2v) is 17.1. The van der Waals surface area contributed by atoms with E-state index >= 15 is 0 Å². The highest BCUT2D eigenvalue weighted by Crippen LogP contribution is 2.43. The average Bonchev–Trinajstić information content (AvgIpc) is 3.17. The summed E-state index contributed by atoms with van der Waals surface area (Å²) in [7, 11) is 1.54. The Bertz CT molecular complexity index is 1260. The van der Waals surface area contributed by atoms with Gasteiger partial charge in [0.25, 0.3) is 0 Å². The number of carbonyl (C=O) groups is 1. The zero-order chi connectivity index (χ0) is 42.8. The molecule has 0 saturated heterocycles. The Hall–Kier alpha value is -2.78. The van der Waals surface area contributed by atoms with Crippen LogP contribution in [0, 0.1) is 0 Å². The van der Waals surface area contributed by atoms with Crippen LogP contribution in [0.15, 0.2) is 97.4 Å². The van der Waals surface area contributed by atoms with Gasteiger partial charge >= 0.3 is 13.8 Å². The van der Waals surface area contributed by atoms with Gasteiger partial charge in [-0.25, -0.2) is 4.57 Å². The minimum Gasteiger partial charge on any atom is -0.498 e. The molecule has 3 atom stereocenters. The standard InChI is InChI=1S/C48H82NO8P/c1-6-8-10-12-14-15-16-17-18-19-20-23-26-29-33-37-42-54-44-47(45-56-58(52,53)55-43-41-49(3,4)5)57-48(51)40-36-32-28-25-22-21-24-27-31-35-39-46(50)38-34-30-13-11-9-7-2/h9,11,17-18,21-22,27-28,30-32,34-35,37,39,42,46-47,50H,6-8,10,12-16,19-20,23-26,29,33,36,38,40-41,43-45H2,1-5H3/p+1/b11-9-,18-17-,22-21-,31-27-,32-28-,34-30-,39-35+,42-37+/t46?,47-/m1/s1. The summed E-state index contributed by atoms with van der Waals surface area (Å²) in [6.07, 6.45) is 51.5. The number of aliphatic hydroxyl groups excluding tert-OH is 1. The molecule has 332 valence electrons. The van der Waals surface area contributed by atoms with Crippen LogP contribution in [0.3, 0.4) is 0 Å². The van der Waals surface area contributed by atoms with Gasteiger partial charge in [0.05, 0.1) is 40.1 Å². The van der Waals surface area contributed by atoms with Crippen molar-refractivity contribution in [1.82, 2.24) is 0 Å². The van der Waals surface area contributed by atoms with Gasteiger partial charge in [-0.3, -0.25) is 13.8 Å². The summed E-state index contributed by atoms with van der Waals surface area (Å²) in [5, 5.41) is 10.0. The van der Waals surface area contributed by atoms with Crippen molar-refractivity contribution in [3.63, 3.8) is 0 Å². The van der Waals surface area contributed by atoms with Crippen molar-refractivity contribution >= 4 is 13.8 Å². The summed E-state index contributed by atoms with van der Waals surface area (Å²) in [6.45, 7) is 4.60. The van der Waals surface area contributed by atoms with E-state index in [1.165, 1.54) is 57.8 Å². The quantitative estimate of drug-likeness (QED) is 0.0120. The van der Waals surface area contributed by atoms with E-state index in [4.69, 9.17) is 18.5 Å². The number of nitrogens with zero attached hydrogens (tertiary/aromatic N) is 1. The van der Waals surface area contributed by atoms with E-state index in [0.717, 1.165) is 51.4 Å². The number of quaternary nitrogens is 1. The first kappa shape index (κ1) is 55.2. The van der Waals surface area contributed by atoms with Crippen LogP contribution in [0.25, 0.3) is 0 Å². The third-order valence-electron chi connectivity index (χ3n) is 8.79. The molecule has 0 aliphatic carbocycles. The average molecular weight is 833 g/mol. The van der Waals surface area contributed by atoms with Crippen LogP contribution in [-0.4, -0.2) is 80.2 Å². The molecule has 2 unspecified atom stereocenters. The van der Waals surface area contributed by atoms with Gasteiger partial charge in [0.15, 0.2) is 6.10 Å². The number of phosphoric ester groups is 1. The number of phosphoric acid groups is 1. The maximum Gasteiger partial charge on any atom is 0.472 e. The third-order valence-corrected chi connectivity index (χ3v) is 9.77. The zero-order valence-corrected chi connectivity index (χ0v) is 38.0. The number of hydrogen-bond acceptors (Lipinski definition) is 7. The molecule has 10 heteroatoms. The van der Waals surface area contributed by atoms with E-state index in [2.05, 4.69) is 56.4 Å². The van der Waals surface area contributed by atoms with Crippen LogP contribution in [0.2, 0.25) is 0 Å². The number of aliphatic hydroxyl groups is 1. The van der Waals surface area contributed by atoms with Crippen LogP contribution in [-0.2, 0) is 27.9 Å². The van der Waals surface area contributed by atoms with Crippen LogP contribution in [0.5, 0.6) is 0 Å². The molecule has 0 aliphatic rings. The molecule has 0 amide bonds. The van der Waals surface area contributed by atoms with Crippen molar-refractivity contribution in [3.05, 3.63) is 97.4 Å². The summed E-state index contributed by atoms with van der Waals surface area (Å²) in [5.74, 6) is -0.444. The highest BCUT2D eigenvalue weighted by molar-refractivity contribution is 7.47. The Labute approximate surface area is 354 Å². The molecule has 0 aromatic heterocycles. The van der Waals surface area contributed by atoms with E-state index in [9.17, 15) is 19.4 Å². The second-order valence-electron chi connectivity index (χ2n) is 15.6. The van der Waals surface area contributed by atoms with Gasteiger partial charge < -0.3 is 24.0 Å². The van der Waals surface area contributed by atoms with E-state index in [0.29, 0.717) is 23.9 Å². The molecule has 2 N–H and O–H groups in total. The first-order valence-electron chi connectivity index (χ1n) is 22.1. The molecular weight excluding hydrogens is 750 g/mol. The third kappa shape index (κ3) is 42.8. The lowest BCUT2D eigenvalue weighted by Gasteiger charge is -2.24. The Balaban J connectivity index is 4.52. The SMILES string of the molecule is CC/C=C\C/C=C\CC(O)/C=C/C=C\C/C=C\C/C=C\CCC(=O)O[C@H](CO/C=C/CCCCCC/C=C\CCCCCCCC)COP(=O)(O)OCC[N+](C)(C)C. The fourth-order valence-electron chi connectivity index (χ4n) is 5.33. The van der Waals surface area contributed by atoms with Crippen molar-refractivity contribution in [3.8, 4) is 0 Å². The Kier molecular flexibility index (Phi) is 37.8. The largest absolute Gasteiger partial charge is 0.498 e. The van der Waals surface area contributed by atoms with E-state index in [-0.39, 0.29) is 26.2 Å². The lowest BCUT2D eigenvalue weighted by Crippen LogP contribution is -2.37. The number of likely N-dealkylation sites (N-methyl/N-ethyl adjacent to an activating group) is 1. The molecule has 9 nitrogen and oxygen atoms in total. The van der Waals surface area contributed by atoms with Gasteiger partial charge in [0, 0.05) is 6.42 Å². The van der Waals surface area contributed by atoms with Gasteiger partial charge in [0.1, 0.15) is 19.8 Å². The molecule has 0 spiro atoms. The molecule has 0 aromatic rings. The number of hydrogen-bond donors (Lipinski definition) is 2.